The van der Waals surface area contributed by atoms with Crippen LogP contribution < -0.4 is 0 Å². The summed E-state index contributed by atoms with van der Waals surface area (Å²) in [5.41, 5.74) is 2.88. The summed E-state index contributed by atoms with van der Waals surface area (Å²) in [5, 5.41) is 0. The van der Waals surface area contributed by atoms with Gasteiger partial charge in [0.1, 0.15) is 0 Å². The molecule has 0 aliphatic heterocycles. The summed E-state index contributed by atoms with van der Waals surface area (Å²) in [4.78, 5) is 13.3. The van der Waals surface area contributed by atoms with E-state index >= 15 is 0 Å². The molecule has 0 spiro atoms. The molecule has 0 radical (unpaired) electrons. The summed E-state index contributed by atoms with van der Waals surface area (Å²) in [5.74, 6) is 0.171. The number of halogens is 1. The number of hydrogen-bond acceptors (Lipinski definition) is 2. The molecule has 1 aliphatic carbocycles. The lowest BCUT2D eigenvalue weighted by molar-refractivity contribution is 0.104. The highest BCUT2D eigenvalue weighted by molar-refractivity contribution is 9.11. The molecule has 0 atom stereocenters. The molecule has 1 aromatic heterocycles. The number of allylic oxidation sites excluding steroid dienone is 1. The maximum Gasteiger partial charge on any atom is 0.189 e. The number of thiophene rings is 1. The Morgan fingerprint density at radius 2 is 2.00 bits per heavy atom. The summed E-state index contributed by atoms with van der Waals surface area (Å²) in [6.07, 6.45) is 2.75. The first kappa shape index (κ1) is 10.9. The van der Waals surface area contributed by atoms with Crippen molar-refractivity contribution in [2.45, 2.75) is 6.42 Å². The van der Waals surface area contributed by atoms with E-state index in [1.54, 1.807) is 11.3 Å². The minimum atomic E-state index is 0.171. The molecular weight excluding hydrogens is 296 g/mol. The lowest BCUT2D eigenvalue weighted by atomic mass is 10.1. The second kappa shape index (κ2) is 4.24. The van der Waals surface area contributed by atoms with Crippen LogP contribution in [0.2, 0.25) is 0 Å². The maximum atomic E-state index is 12.1. The fourth-order valence-electron chi connectivity index (χ4n) is 2.05. The van der Waals surface area contributed by atoms with Gasteiger partial charge in [-0.3, -0.25) is 4.79 Å². The van der Waals surface area contributed by atoms with Gasteiger partial charge >= 0.3 is 0 Å². The highest BCUT2D eigenvalue weighted by atomic mass is 79.9. The lowest BCUT2D eigenvalue weighted by Gasteiger charge is -1.92. The molecular formula is C14H9BrOS. The molecule has 2 aromatic rings. The Balaban J connectivity index is 1.99. The average molecular weight is 305 g/mol. The van der Waals surface area contributed by atoms with Gasteiger partial charge in [-0.05, 0) is 39.7 Å². The van der Waals surface area contributed by atoms with E-state index in [4.69, 9.17) is 0 Å². The minimum absolute atomic E-state index is 0.171. The third kappa shape index (κ3) is 2.01. The predicted octanol–water partition coefficient (Wildman–Crippen LogP) is 4.33. The maximum absolute atomic E-state index is 12.1. The van der Waals surface area contributed by atoms with E-state index in [2.05, 4.69) is 15.9 Å². The van der Waals surface area contributed by atoms with Crippen molar-refractivity contribution in [2.75, 3.05) is 0 Å². The molecule has 0 saturated heterocycles. The van der Waals surface area contributed by atoms with Crippen LogP contribution in [-0.2, 0) is 6.42 Å². The van der Waals surface area contributed by atoms with Crippen LogP contribution in [0.1, 0.15) is 20.8 Å². The molecule has 0 bridgehead atoms. The predicted molar refractivity (Wildman–Crippen MR) is 74.5 cm³/mol. The van der Waals surface area contributed by atoms with Gasteiger partial charge in [-0.1, -0.05) is 24.3 Å². The number of ketones is 1. The van der Waals surface area contributed by atoms with Crippen molar-refractivity contribution in [3.05, 3.63) is 61.8 Å². The zero-order valence-electron chi connectivity index (χ0n) is 8.94. The standard InChI is InChI=1S/C14H9BrOS/c15-13-6-5-11(17-13)8-10-7-9-3-1-2-4-12(9)14(10)16/h1-6,8H,7H2. The first-order valence-electron chi connectivity index (χ1n) is 5.32. The van der Waals surface area contributed by atoms with Crippen molar-refractivity contribution in [3.8, 4) is 0 Å². The topological polar surface area (TPSA) is 17.1 Å². The quantitative estimate of drug-likeness (QED) is 0.717. The Kier molecular flexibility index (Phi) is 2.73. The molecule has 3 heteroatoms. The molecule has 0 amide bonds. The van der Waals surface area contributed by atoms with Crippen molar-refractivity contribution in [2.24, 2.45) is 0 Å². The first-order valence-corrected chi connectivity index (χ1v) is 6.93. The van der Waals surface area contributed by atoms with E-state index in [1.165, 1.54) is 0 Å². The van der Waals surface area contributed by atoms with Crippen molar-refractivity contribution in [1.29, 1.82) is 0 Å². The second-order valence-corrected chi connectivity index (χ2v) is 6.47. The molecule has 0 unspecified atom stereocenters. The normalized spacial score (nSPS) is 16.5. The van der Waals surface area contributed by atoms with Crippen LogP contribution >= 0.6 is 27.3 Å². The van der Waals surface area contributed by atoms with Crippen LogP contribution in [0, 0.1) is 0 Å². The van der Waals surface area contributed by atoms with E-state index in [0.717, 1.165) is 31.8 Å². The molecule has 3 rings (SSSR count). The number of carbonyl (C=O) groups excluding carboxylic acids is 1. The Morgan fingerprint density at radius 1 is 1.18 bits per heavy atom. The summed E-state index contributed by atoms with van der Waals surface area (Å²) in [6, 6.07) is 11.9. The highest BCUT2D eigenvalue weighted by Gasteiger charge is 2.23. The van der Waals surface area contributed by atoms with Gasteiger partial charge in [-0.15, -0.1) is 11.3 Å². The van der Waals surface area contributed by atoms with E-state index in [1.807, 2.05) is 42.5 Å². The van der Waals surface area contributed by atoms with Crippen molar-refractivity contribution >= 4 is 39.1 Å². The van der Waals surface area contributed by atoms with Crippen molar-refractivity contribution in [3.63, 3.8) is 0 Å². The minimum Gasteiger partial charge on any atom is -0.289 e. The van der Waals surface area contributed by atoms with Gasteiger partial charge < -0.3 is 0 Å². The summed E-state index contributed by atoms with van der Waals surface area (Å²) < 4.78 is 1.09. The molecule has 84 valence electrons. The van der Waals surface area contributed by atoms with Gasteiger partial charge in [0.25, 0.3) is 0 Å². The smallest absolute Gasteiger partial charge is 0.189 e. The summed E-state index contributed by atoms with van der Waals surface area (Å²) >= 11 is 5.07. The number of fused-ring (bicyclic) bond motifs is 1. The van der Waals surface area contributed by atoms with E-state index in [-0.39, 0.29) is 5.78 Å². The third-order valence-corrected chi connectivity index (χ3v) is 4.42. The van der Waals surface area contributed by atoms with Crippen LogP contribution in [0.15, 0.2) is 45.8 Å². The summed E-state index contributed by atoms with van der Waals surface area (Å²) in [7, 11) is 0. The van der Waals surface area contributed by atoms with Gasteiger partial charge in [0.15, 0.2) is 5.78 Å². The zero-order chi connectivity index (χ0) is 11.8. The lowest BCUT2D eigenvalue weighted by Crippen LogP contribution is -1.94. The van der Waals surface area contributed by atoms with Crippen molar-refractivity contribution in [1.82, 2.24) is 0 Å². The molecule has 17 heavy (non-hydrogen) atoms. The van der Waals surface area contributed by atoms with Crippen LogP contribution in [-0.4, -0.2) is 5.78 Å². The number of hydrogen-bond donors (Lipinski definition) is 0. The van der Waals surface area contributed by atoms with Gasteiger partial charge in [-0.25, -0.2) is 0 Å². The first-order chi connectivity index (χ1) is 8.24. The Hall–Kier alpha value is -1.19. The van der Waals surface area contributed by atoms with Gasteiger partial charge in [0.2, 0.25) is 0 Å². The van der Waals surface area contributed by atoms with Gasteiger partial charge in [0.05, 0.1) is 3.79 Å². The van der Waals surface area contributed by atoms with Crippen LogP contribution in [0.4, 0.5) is 0 Å². The summed E-state index contributed by atoms with van der Waals surface area (Å²) in [6.45, 7) is 0. The number of Topliss-reactive ketones (excluding diaryl/α,β-unsaturated/α-hetero) is 1. The van der Waals surface area contributed by atoms with Crippen molar-refractivity contribution < 1.29 is 4.79 Å². The number of carbonyl (C=O) groups is 1. The second-order valence-electron chi connectivity index (χ2n) is 3.97. The third-order valence-electron chi connectivity index (χ3n) is 2.85. The fourth-order valence-corrected chi connectivity index (χ4v) is 3.44. The Labute approximate surface area is 112 Å². The molecule has 0 saturated carbocycles. The van der Waals surface area contributed by atoms with E-state index < -0.39 is 0 Å². The van der Waals surface area contributed by atoms with E-state index in [9.17, 15) is 4.79 Å². The van der Waals surface area contributed by atoms with Gasteiger partial charge in [0, 0.05) is 22.4 Å². The largest absolute Gasteiger partial charge is 0.289 e. The molecule has 1 nitrogen and oxygen atoms in total. The molecule has 0 N–H and O–H groups in total. The average Bonchev–Trinajstić information content (AvgIpc) is 2.86. The number of benzene rings is 1. The monoisotopic (exact) mass is 304 g/mol. The van der Waals surface area contributed by atoms with Crippen LogP contribution in [0.25, 0.3) is 6.08 Å². The molecule has 1 aliphatic rings. The highest BCUT2D eigenvalue weighted by Crippen LogP contribution is 2.30. The van der Waals surface area contributed by atoms with Gasteiger partial charge in [-0.2, -0.15) is 0 Å². The fraction of sp³-hybridized carbons (Fsp3) is 0.0714. The van der Waals surface area contributed by atoms with Crippen LogP contribution in [0.5, 0.6) is 0 Å². The number of rotatable bonds is 1. The Bertz CT molecular complexity index is 625. The van der Waals surface area contributed by atoms with E-state index in [0.29, 0.717) is 0 Å². The molecule has 0 fully saturated rings. The molecule has 1 aromatic carbocycles. The van der Waals surface area contributed by atoms with Crippen LogP contribution in [0.3, 0.4) is 0 Å². The Morgan fingerprint density at radius 3 is 2.71 bits per heavy atom. The molecule has 1 heterocycles. The SMILES string of the molecule is O=C1C(=Cc2ccc(Br)s2)Cc2ccccc21. The zero-order valence-corrected chi connectivity index (χ0v) is 11.3.